The second-order valence-corrected chi connectivity index (χ2v) is 8.53. The van der Waals surface area contributed by atoms with E-state index in [1.165, 1.54) is 0 Å². The molecule has 0 radical (unpaired) electrons. The number of nitrogens with zero attached hydrogens (tertiary/aromatic N) is 3. The molecule has 0 spiro atoms. The number of hydrogen-bond acceptors (Lipinski definition) is 6. The number of nitrogens with two attached hydrogens (primary N) is 1. The average Bonchev–Trinajstić information content (AvgIpc) is 3.27. The van der Waals surface area contributed by atoms with Crippen molar-refractivity contribution in [2.24, 2.45) is 0 Å². The molecule has 0 atom stereocenters. The number of benzene rings is 2. The Morgan fingerprint density at radius 2 is 1.61 bits per heavy atom. The normalized spacial score (nSPS) is 17.3. The summed E-state index contributed by atoms with van der Waals surface area (Å²) < 4.78 is 5.25. The Balaban J connectivity index is 1.42. The number of rotatable bonds is 4. The number of ether oxygens (including phenoxy) is 1. The van der Waals surface area contributed by atoms with Gasteiger partial charge in [-0.05, 0) is 55.8 Å². The van der Waals surface area contributed by atoms with Gasteiger partial charge in [0.1, 0.15) is 5.75 Å². The van der Waals surface area contributed by atoms with Crippen LogP contribution in [0.25, 0.3) is 0 Å². The highest BCUT2D eigenvalue weighted by atomic mass is 16.5. The first-order valence-electron chi connectivity index (χ1n) is 11.6. The van der Waals surface area contributed by atoms with Gasteiger partial charge < -0.3 is 30.5 Å². The highest BCUT2D eigenvalue weighted by Gasteiger charge is 2.23. The first-order valence-corrected chi connectivity index (χ1v) is 11.6. The smallest absolute Gasteiger partial charge is 0.254 e. The molecular formula is C25H33N5O3. The van der Waals surface area contributed by atoms with Crippen molar-refractivity contribution >= 4 is 23.2 Å². The summed E-state index contributed by atoms with van der Waals surface area (Å²) in [6.45, 7) is 6.01. The summed E-state index contributed by atoms with van der Waals surface area (Å²) in [5.74, 6) is 0.718. The summed E-state index contributed by atoms with van der Waals surface area (Å²) >= 11 is 0. The van der Waals surface area contributed by atoms with Gasteiger partial charge in [0, 0.05) is 56.9 Å². The number of nitrogen functional groups attached to an aromatic ring is 1. The van der Waals surface area contributed by atoms with Crippen LogP contribution in [-0.4, -0.2) is 81.1 Å². The lowest BCUT2D eigenvalue weighted by molar-refractivity contribution is 0.0759. The summed E-state index contributed by atoms with van der Waals surface area (Å²) in [5.41, 5.74) is 9.18. The van der Waals surface area contributed by atoms with Crippen LogP contribution in [0, 0.1) is 0 Å². The van der Waals surface area contributed by atoms with Gasteiger partial charge in [-0.25, -0.2) is 0 Å². The predicted octanol–water partition coefficient (Wildman–Crippen LogP) is 2.07. The number of carbonyl (C=O) groups is 2. The molecule has 2 heterocycles. The number of amides is 2. The molecule has 2 aliphatic heterocycles. The molecule has 4 rings (SSSR count). The SMILES string of the molecule is COc1cccc(C(=O)N2CCCN(c3ccc(C(=O)N4CCCNCC4)cc3N)CC2)c1. The zero-order valence-electron chi connectivity index (χ0n) is 19.3. The lowest BCUT2D eigenvalue weighted by atomic mass is 10.1. The van der Waals surface area contributed by atoms with Crippen LogP contribution in [0.1, 0.15) is 33.6 Å². The van der Waals surface area contributed by atoms with Crippen LogP contribution < -0.4 is 20.7 Å². The highest BCUT2D eigenvalue weighted by Crippen LogP contribution is 2.27. The second kappa shape index (κ2) is 10.6. The third-order valence-electron chi connectivity index (χ3n) is 6.34. The molecule has 2 aromatic rings. The van der Waals surface area contributed by atoms with E-state index in [1.54, 1.807) is 19.2 Å². The fraction of sp³-hybridized carbons (Fsp3) is 0.440. The Morgan fingerprint density at radius 1 is 0.848 bits per heavy atom. The first kappa shape index (κ1) is 22.9. The van der Waals surface area contributed by atoms with Crippen molar-refractivity contribution in [2.45, 2.75) is 12.8 Å². The van der Waals surface area contributed by atoms with E-state index in [0.29, 0.717) is 48.7 Å². The summed E-state index contributed by atoms with van der Waals surface area (Å²) in [5, 5.41) is 3.32. The van der Waals surface area contributed by atoms with E-state index in [0.717, 1.165) is 44.7 Å². The molecule has 2 aliphatic rings. The summed E-state index contributed by atoms with van der Waals surface area (Å²) in [6.07, 6.45) is 1.80. The molecular weight excluding hydrogens is 418 g/mol. The fourth-order valence-electron chi connectivity index (χ4n) is 4.51. The molecule has 0 aromatic heterocycles. The summed E-state index contributed by atoms with van der Waals surface area (Å²) in [4.78, 5) is 31.9. The third kappa shape index (κ3) is 5.39. The maximum Gasteiger partial charge on any atom is 0.254 e. The molecule has 176 valence electrons. The fourth-order valence-corrected chi connectivity index (χ4v) is 4.51. The lowest BCUT2D eigenvalue weighted by Crippen LogP contribution is -2.35. The van der Waals surface area contributed by atoms with E-state index in [9.17, 15) is 9.59 Å². The molecule has 0 aliphatic carbocycles. The summed E-state index contributed by atoms with van der Waals surface area (Å²) in [7, 11) is 1.60. The predicted molar refractivity (Wildman–Crippen MR) is 130 cm³/mol. The van der Waals surface area contributed by atoms with Crippen molar-refractivity contribution in [2.75, 3.05) is 70.1 Å². The van der Waals surface area contributed by atoms with Crippen LogP contribution in [0.5, 0.6) is 5.75 Å². The second-order valence-electron chi connectivity index (χ2n) is 8.53. The minimum Gasteiger partial charge on any atom is -0.497 e. The van der Waals surface area contributed by atoms with E-state index < -0.39 is 0 Å². The van der Waals surface area contributed by atoms with Gasteiger partial charge in [-0.3, -0.25) is 9.59 Å². The molecule has 33 heavy (non-hydrogen) atoms. The van der Waals surface area contributed by atoms with Gasteiger partial charge >= 0.3 is 0 Å². The molecule has 8 nitrogen and oxygen atoms in total. The van der Waals surface area contributed by atoms with Crippen LogP contribution in [0.3, 0.4) is 0 Å². The van der Waals surface area contributed by atoms with Crippen LogP contribution in [-0.2, 0) is 0 Å². The average molecular weight is 452 g/mol. The van der Waals surface area contributed by atoms with Gasteiger partial charge in [0.2, 0.25) is 0 Å². The minimum absolute atomic E-state index is 0.0107. The first-order chi connectivity index (χ1) is 16.1. The highest BCUT2D eigenvalue weighted by molar-refractivity contribution is 5.96. The number of methoxy groups -OCH3 is 1. The topological polar surface area (TPSA) is 91.1 Å². The van der Waals surface area contributed by atoms with Gasteiger partial charge in [0.25, 0.3) is 11.8 Å². The van der Waals surface area contributed by atoms with Crippen molar-refractivity contribution in [3.63, 3.8) is 0 Å². The number of anilines is 2. The van der Waals surface area contributed by atoms with Crippen molar-refractivity contribution in [1.82, 2.24) is 15.1 Å². The molecule has 2 amide bonds. The molecule has 2 saturated heterocycles. The zero-order chi connectivity index (χ0) is 23.2. The Morgan fingerprint density at radius 3 is 2.39 bits per heavy atom. The van der Waals surface area contributed by atoms with Crippen LogP contribution in [0.4, 0.5) is 11.4 Å². The van der Waals surface area contributed by atoms with Crippen LogP contribution in [0.2, 0.25) is 0 Å². The zero-order valence-corrected chi connectivity index (χ0v) is 19.3. The van der Waals surface area contributed by atoms with Gasteiger partial charge in [0.15, 0.2) is 0 Å². The number of carbonyl (C=O) groups excluding carboxylic acids is 2. The van der Waals surface area contributed by atoms with E-state index in [4.69, 9.17) is 10.5 Å². The standard InChI is InChI=1S/C25H33N5O3/c1-33-21-6-2-5-19(17-21)24(31)30-13-4-12-28(15-16-30)23-8-7-20(18-22(23)26)25(32)29-11-3-9-27-10-14-29/h2,5-8,17-18,27H,3-4,9-16,26H2,1H3. The number of hydrogen-bond donors (Lipinski definition) is 2. The molecule has 0 bridgehead atoms. The Labute approximate surface area is 195 Å². The van der Waals surface area contributed by atoms with Gasteiger partial charge in [-0.2, -0.15) is 0 Å². The van der Waals surface area contributed by atoms with E-state index in [2.05, 4.69) is 10.2 Å². The minimum atomic E-state index is 0.0107. The lowest BCUT2D eigenvalue weighted by Gasteiger charge is -2.26. The maximum absolute atomic E-state index is 13.0. The van der Waals surface area contributed by atoms with Gasteiger partial charge in [-0.15, -0.1) is 0 Å². The largest absolute Gasteiger partial charge is 0.497 e. The Hall–Kier alpha value is -3.26. The number of nitrogens with one attached hydrogen (secondary N) is 1. The van der Waals surface area contributed by atoms with E-state index in [1.807, 2.05) is 40.1 Å². The van der Waals surface area contributed by atoms with Crippen molar-refractivity contribution in [1.29, 1.82) is 0 Å². The van der Waals surface area contributed by atoms with E-state index in [-0.39, 0.29) is 11.8 Å². The molecule has 0 saturated carbocycles. The Kier molecular flexibility index (Phi) is 7.34. The van der Waals surface area contributed by atoms with E-state index >= 15 is 0 Å². The maximum atomic E-state index is 13.0. The van der Waals surface area contributed by atoms with Crippen molar-refractivity contribution < 1.29 is 14.3 Å². The van der Waals surface area contributed by atoms with Crippen molar-refractivity contribution in [3.05, 3.63) is 53.6 Å². The van der Waals surface area contributed by atoms with Crippen LogP contribution >= 0.6 is 0 Å². The quantitative estimate of drug-likeness (QED) is 0.692. The molecule has 3 N–H and O–H groups in total. The monoisotopic (exact) mass is 451 g/mol. The Bertz CT molecular complexity index is 988. The van der Waals surface area contributed by atoms with Crippen molar-refractivity contribution in [3.8, 4) is 5.75 Å². The molecule has 0 unspecified atom stereocenters. The molecule has 2 aromatic carbocycles. The van der Waals surface area contributed by atoms with Gasteiger partial charge in [-0.1, -0.05) is 6.07 Å². The summed E-state index contributed by atoms with van der Waals surface area (Å²) in [6, 6.07) is 12.9. The molecule has 2 fully saturated rings. The molecule has 8 heteroatoms. The third-order valence-corrected chi connectivity index (χ3v) is 6.34. The van der Waals surface area contributed by atoms with Crippen LogP contribution in [0.15, 0.2) is 42.5 Å². The van der Waals surface area contributed by atoms with Gasteiger partial charge in [0.05, 0.1) is 18.5 Å².